The fourth-order valence-corrected chi connectivity index (χ4v) is 1.09. The van der Waals surface area contributed by atoms with E-state index in [1.807, 2.05) is 0 Å². The van der Waals surface area contributed by atoms with E-state index in [0.717, 1.165) is 18.9 Å². The lowest BCUT2D eigenvalue weighted by atomic mass is 10.0. The van der Waals surface area contributed by atoms with Gasteiger partial charge in [-0.2, -0.15) is 0 Å². The summed E-state index contributed by atoms with van der Waals surface area (Å²) in [6.07, 6.45) is 3.60. The van der Waals surface area contributed by atoms with Crippen LogP contribution in [0.25, 0.3) is 0 Å². The van der Waals surface area contributed by atoms with Gasteiger partial charge in [-0.05, 0) is 39.0 Å². The van der Waals surface area contributed by atoms with Gasteiger partial charge >= 0.3 is 0 Å². The molecule has 0 aliphatic heterocycles. The van der Waals surface area contributed by atoms with Gasteiger partial charge in [-0.25, -0.2) is 0 Å². The summed E-state index contributed by atoms with van der Waals surface area (Å²) in [6.45, 7) is 7.65. The lowest BCUT2D eigenvalue weighted by molar-refractivity contribution is -0.120. The van der Waals surface area contributed by atoms with E-state index in [1.54, 1.807) is 0 Å². The highest BCUT2D eigenvalue weighted by atomic mass is 16.1. The monoisotopic (exact) mass is 198 g/mol. The maximum atomic E-state index is 11.4. The fraction of sp³-hybridized carbons (Fsp3) is 0.909. The minimum Gasteiger partial charge on any atom is -0.355 e. The molecule has 1 aliphatic carbocycles. The van der Waals surface area contributed by atoms with Crippen molar-refractivity contribution in [3.8, 4) is 0 Å². The molecule has 1 aliphatic rings. The maximum Gasteiger partial charge on any atom is 0.233 e. The molecule has 0 spiro atoms. The first kappa shape index (κ1) is 11.5. The first-order valence-electron chi connectivity index (χ1n) is 5.55. The molecule has 1 fully saturated rings. The van der Waals surface area contributed by atoms with Crippen LogP contribution in [0.5, 0.6) is 0 Å². The Bertz CT molecular complexity index is 197. The van der Waals surface area contributed by atoms with Gasteiger partial charge in [0.05, 0.1) is 6.54 Å². The van der Waals surface area contributed by atoms with Gasteiger partial charge in [0.25, 0.3) is 0 Å². The molecule has 1 amide bonds. The summed E-state index contributed by atoms with van der Waals surface area (Å²) < 4.78 is 0. The first-order valence-corrected chi connectivity index (χ1v) is 5.55. The standard InChI is InChI=1S/C11H22N2O/c1-4-11(2,3)13-8-10(14)12-7-9-5-6-9/h9,13H,4-8H2,1-3H3,(H,12,14). The summed E-state index contributed by atoms with van der Waals surface area (Å²) in [5, 5.41) is 6.18. The smallest absolute Gasteiger partial charge is 0.233 e. The molecule has 0 unspecified atom stereocenters. The van der Waals surface area contributed by atoms with E-state index in [2.05, 4.69) is 31.4 Å². The van der Waals surface area contributed by atoms with E-state index < -0.39 is 0 Å². The zero-order valence-corrected chi connectivity index (χ0v) is 9.52. The highest BCUT2D eigenvalue weighted by Crippen LogP contribution is 2.27. The van der Waals surface area contributed by atoms with Crippen molar-refractivity contribution in [3.63, 3.8) is 0 Å². The molecule has 1 saturated carbocycles. The van der Waals surface area contributed by atoms with Crippen molar-refractivity contribution in [2.75, 3.05) is 13.1 Å². The number of carbonyl (C=O) groups is 1. The Kier molecular flexibility index (Phi) is 3.93. The second kappa shape index (κ2) is 4.78. The van der Waals surface area contributed by atoms with E-state index in [0.29, 0.717) is 6.54 Å². The summed E-state index contributed by atoms with van der Waals surface area (Å²) in [6, 6.07) is 0. The van der Waals surface area contributed by atoms with Crippen molar-refractivity contribution in [1.82, 2.24) is 10.6 Å². The molecular weight excluding hydrogens is 176 g/mol. The molecule has 3 nitrogen and oxygen atoms in total. The molecule has 1 rings (SSSR count). The average Bonchev–Trinajstić information content (AvgIpc) is 2.95. The van der Waals surface area contributed by atoms with E-state index in [4.69, 9.17) is 0 Å². The van der Waals surface area contributed by atoms with E-state index in [9.17, 15) is 4.79 Å². The highest BCUT2D eigenvalue weighted by Gasteiger charge is 2.22. The van der Waals surface area contributed by atoms with E-state index in [1.165, 1.54) is 12.8 Å². The van der Waals surface area contributed by atoms with Crippen molar-refractivity contribution in [1.29, 1.82) is 0 Å². The summed E-state index contributed by atoms with van der Waals surface area (Å²) >= 11 is 0. The van der Waals surface area contributed by atoms with Crippen LogP contribution >= 0.6 is 0 Å². The number of carbonyl (C=O) groups excluding carboxylic acids is 1. The zero-order valence-electron chi connectivity index (χ0n) is 9.52. The van der Waals surface area contributed by atoms with Gasteiger partial charge < -0.3 is 10.6 Å². The third-order valence-corrected chi connectivity index (χ3v) is 2.90. The second-order valence-corrected chi connectivity index (χ2v) is 4.84. The maximum absolute atomic E-state index is 11.4. The van der Waals surface area contributed by atoms with Crippen LogP contribution in [0, 0.1) is 5.92 Å². The van der Waals surface area contributed by atoms with Gasteiger partial charge in [-0.3, -0.25) is 4.79 Å². The van der Waals surface area contributed by atoms with E-state index in [-0.39, 0.29) is 11.4 Å². The number of rotatable bonds is 6. The Balaban J connectivity index is 2.07. The Labute approximate surface area is 86.6 Å². The third-order valence-electron chi connectivity index (χ3n) is 2.90. The van der Waals surface area contributed by atoms with Crippen LogP contribution in [0.15, 0.2) is 0 Å². The topological polar surface area (TPSA) is 41.1 Å². The molecule has 82 valence electrons. The highest BCUT2D eigenvalue weighted by molar-refractivity contribution is 5.78. The molecule has 0 atom stereocenters. The molecule has 0 aromatic heterocycles. The lowest BCUT2D eigenvalue weighted by Crippen LogP contribution is -2.45. The van der Waals surface area contributed by atoms with Crippen LogP contribution < -0.4 is 10.6 Å². The second-order valence-electron chi connectivity index (χ2n) is 4.84. The molecule has 0 saturated heterocycles. The predicted octanol–water partition coefficient (Wildman–Crippen LogP) is 1.29. The summed E-state index contributed by atoms with van der Waals surface area (Å²) in [5.41, 5.74) is 0.0664. The molecule has 0 aromatic carbocycles. The molecule has 0 aromatic rings. The number of nitrogens with one attached hydrogen (secondary N) is 2. The average molecular weight is 198 g/mol. The van der Waals surface area contributed by atoms with Gasteiger partial charge in [-0.1, -0.05) is 6.92 Å². The van der Waals surface area contributed by atoms with Crippen molar-refractivity contribution in [3.05, 3.63) is 0 Å². The Morgan fingerprint density at radius 1 is 1.43 bits per heavy atom. The molecule has 0 bridgehead atoms. The van der Waals surface area contributed by atoms with Crippen LogP contribution in [0.4, 0.5) is 0 Å². The largest absolute Gasteiger partial charge is 0.355 e. The SMILES string of the molecule is CCC(C)(C)NCC(=O)NCC1CC1. The first-order chi connectivity index (χ1) is 6.53. The summed E-state index contributed by atoms with van der Waals surface area (Å²) in [7, 11) is 0. The van der Waals surface area contributed by atoms with Gasteiger partial charge in [0, 0.05) is 12.1 Å². The molecule has 3 heteroatoms. The number of amides is 1. The normalized spacial score (nSPS) is 16.8. The third kappa shape index (κ3) is 4.61. The molecule has 14 heavy (non-hydrogen) atoms. The number of hydrogen-bond acceptors (Lipinski definition) is 2. The van der Waals surface area contributed by atoms with Crippen LogP contribution in [0.3, 0.4) is 0 Å². The Hall–Kier alpha value is -0.570. The van der Waals surface area contributed by atoms with E-state index >= 15 is 0 Å². The van der Waals surface area contributed by atoms with Gasteiger partial charge in [0.2, 0.25) is 5.91 Å². The lowest BCUT2D eigenvalue weighted by Gasteiger charge is -2.24. The van der Waals surface area contributed by atoms with Crippen LogP contribution in [0.2, 0.25) is 0 Å². The Morgan fingerprint density at radius 3 is 2.57 bits per heavy atom. The number of hydrogen-bond donors (Lipinski definition) is 2. The molecular formula is C11H22N2O. The molecule has 2 N–H and O–H groups in total. The van der Waals surface area contributed by atoms with Gasteiger partial charge in [0.1, 0.15) is 0 Å². The molecule has 0 heterocycles. The molecule has 0 radical (unpaired) electrons. The van der Waals surface area contributed by atoms with Crippen molar-refractivity contribution >= 4 is 5.91 Å². The van der Waals surface area contributed by atoms with Crippen LogP contribution in [0.1, 0.15) is 40.0 Å². The van der Waals surface area contributed by atoms with Crippen molar-refractivity contribution < 1.29 is 4.79 Å². The Morgan fingerprint density at radius 2 is 2.07 bits per heavy atom. The minimum absolute atomic E-state index is 0.0664. The summed E-state index contributed by atoms with van der Waals surface area (Å²) in [5.74, 6) is 0.886. The zero-order chi connectivity index (χ0) is 10.6. The quantitative estimate of drug-likeness (QED) is 0.675. The van der Waals surface area contributed by atoms with Crippen molar-refractivity contribution in [2.45, 2.75) is 45.6 Å². The predicted molar refractivity (Wildman–Crippen MR) is 58.1 cm³/mol. The fourth-order valence-electron chi connectivity index (χ4n) is 1.09. The van der Waals surface area contributed by atoms with Gasteiger partial charge in [-0.15, -0.1) is 0 Å². The van der Waals surface area contributed by atoms with Crippen LogP contribution in [-0.2, 0) is 4.79 Å². The van der Waals surface area contributed by atoms with Crippen molar-refractivity contribution in [2.24, 2.45) is 5.92 Å². The van der Waals surface area contributed by atoms with Gasteiger partial charge in [0.15, 0.2) is 0 Å². The summed E-state index contributed by atoms with van der Waals surface area (Å²) in [4.78, 5) is 11.4. The van der Waals surface area contributed by atoms with Crippen LogP contribution in [-0.4, -0.2) is 24.5 Å². The minimum atomic E-state index is 0.0664.